The van der Waals surface area contributed by atoms with Gasteiger partial charge >= 0.3 is 5.97 Å². The predicted molar refractivity (Wildman–Crippen MR) is 120 cm³/mol. The van der Waals surface area contributed by atoms with E-state index in [1.165, 1.54) is 11.8 Å². The molecule has 192 valence electrons. The molecule has 0 bridgehead atoms. The molecule has 6 amide bonds. The van der Waals surface area contributed by atoms with E-state index in [1.54, 1.807) is 6.26 Å². The summed E-state index contributed by atoms with van der Waals surface area (Å²) in [6.45, 7) is 0. The number of hydrogen-bond acceptors (Lipinski definition) is 9. The Morgan fingerprint density at radius 2 is 1.21 bits per heavy atom. The highest BCUT2D eigenvalue weighted by molar-refractivity contribution is 7.98. The Labute approximate surface area is 199 Å². The first kappa shape index (κ1) is 30.6. The van der Waals surface area contributed by atoms with E-state index in [9.17, 15) is 38.7 Å². The first-order chi connectivity index (χ1) is 15.8. The first-order valence-electron chi connectivity index (χ1n) is 10.0. The highest BCUT2D eigenvalue weighted by atomic mass is 32.2. The Morgan fingerprint density at radius 1 is 0.735 bits per heavy atom. The predicted octanol–water partition coefficient (Wildman–Crippen LogP) is -4.38. The number of nitrogens with two attached hydrogens (primary N) is 4. The molecule has 0 spiro atoms. The summed E-state index contributed by atoms with van der Waals surface area (Å²) in [7, 11) is 0. The maximum absolute atomic E-state index is 12.8. The summed E-state index contributed by atoms with van der Waals surface area (Å²) in [5.74, 6) is -6.38. The molecule has 0 fully saturated rings. The molecule has 12 N–H and O–H groups in total. The van der Waals surface area contributed by atoms with Crippen LogP contribution in [0.4, 0.5) is 0 Å². The van der Waals surface area contributed by atoms with Gasteiger partial charge in [-0.3, -0.25) is 28.8 Å². The minimum Gasteiger partial charge on any atom is -0.480 e. The summed E-state index contributed by atoms with van der Waals surface area (Å²) in [6, 6.07) is -5.58. The SMILES string of the molecule is CSCCC(NC(=O)C(CCC(N)=O)NC(=O)C(N)CC(N)=O)C(=O)NC(CC(N)=O)C(=O)O. The van der Waals surface area contributed by atoms with E-state index in [0.29, 0.717) is 5.75 Å². The minimum atomic E-state index is -1.61. The number of carbonyl (C=O) groups excluding carboxylic acids is 6. The fourth-order valence-corrected chi connectivity index (χ4v) is 3.07. The van der Waals surface area contributed by atoms with Crippen LogP contribution in [-0.2, 0) is 33.6 Å². The van der Waals surface area contributed by atoms with Crippen LogP contribution in [-0.4, -0.2) is 82.7 Å². The second kappa shape index (κ2) is 15.4. The summed E-state index contributed by atoms with van der Waals surface area (Å²) in [4.78, 5) is 82.2. The maximum Gasteiger partial charge on any atom is 0.326 e. The van der Waals surface area contributed by atoms with Gasteiger partial charge in [0.1, 0.15) is 18.1 Å². The largest absolute Gasteiger partial charge is 0.480 e. The standard InChI is InChI=1S/C18H31N7O8S/c1-34-5-4-10(17(31)25-11(18(32)33)7-14(22)28)24-16(30)9(2-3-12(20)26)23-15(29)8(19)6-13(21)27/h8-11H,2-7,19H2,1H3,(H2,20,26)(H2,21,27)(H2,22,28)(H,23,29)(H,24,30)(H,25,31)(H,32,33). The third-order valence-corrected chi connectivity index (χ3v) is 4.98. The molecule has 15 nitrogen and oxygen atoms in total. The Kier molecular flexibility index (Phi) is 13.9. The molecule has 0 aliphatic rings. The van der Waals surface area contributed by atoms with Crippen molar-refractivity contribution in [1.29, 1.82) is 0 Å². The van der Waals surface area contributed by atoms with Gasteiger partial charge < -0.3 is 44.0 Å². The van der Waals surface area contributed by atoms with E-state index in [4.69, 9.17) is 22.9 Å². The van der Waals surface area contributed by atoms with Crippen LogP contribution < -0.4 is 38.9 Å². The number of hydrogen-bond donors (Lipinski definition) is 8. The van der Waals surface area contributed by atoms with Crippen LogP contribution >= 0.6 is 11.8 Å². The van der Waals surface area contributed by atoms with E-state index in [-0.39, 0.29) is 19.3 Å². The quantitative estimate of drug-likeness (QED) is 0.0939. The topological polar surface area (TPSA) is 280 Å². The van der Waals surface area contributed by atoms with Crippen molar-refractivity contribution in [3.05, 3.63) is 0 Å². The zero-order chi connectivity index (χ0) is 26.4. The minimum absolute atomic E-state index is 0.0688. The van der Waals surface area contributed by atoms with E-state index >= 15 is 0 Å². The van der Waals surface area contributed by atoms with Crippen molar-refractivity contribution in [2.45, 2.75) is 56.3 Å². The Bertz CT molecular complexity index is 794. The molecule has 34 heavy (non-hydrogen) atoms. The van der Waals surface area contributed by atoms with Gasteiger partial charge in [0.05, 0.1) is 18.9 Å². The van der Waals surface area contributed by atoms with Crippen molar-refractivity contribution in [3.63, 3.8) is 0 Å². The normalized spacial score (nSPS) is 14.1. The van der Waals surface area contributed by atoms with Gasteiger partial charge in [0.2, 0.25) is 35.4 Å². The number of carbonyl (C=O) groups is 7. The van der Waals surface area contributed by atoms with Gasteiger partial charge in [-0.15, -0.1) is 0 Å². The number of carboxylic acid groups (broad SMARTS) is 1. The Morgan fingerprint density at radius 3 is 1.65 bits per heavy atom. The number of carboxylic acids is 1. The number of nitrogens with one attached hydrogen (secondary N) is 3. The van der Waals surface area contributed by atoms with Crippen LogP contribution in [0.2, 0.25) is 0 Å². The summed E-state index contributed by atoms with van der Waals surface area (Å²) in [5, 5.41) is 16.0. The lowest BCUT2D eigenvalue weighted by molar-refractivity contribution is -0.143. The lowest BCUT2D eigenvalue weighted by atomic mass is 10.1. The van der Waals surface area contributed by atoms with Crippen LogP contribution in [0.15, 0.2) is 0 Å². The first-order valence-corrected chi connectivity index (χ1v) is 11.4. The summed E-state index contributed by atoms with van der Waals surface area (Å²) < 4.78 is 0. The number of primary amides is 3. The second-order valence-electron chi connectivity index (χ2n) is 7.26. The second-order valence-corrected chi connectivity index (χ2v) is 8.24. The van der Waals surface area contributed by atoms with Gasteiger partial charge in [0.15, 0.2) is 0 Å². The summed E-state index contributed by atoms with van der Waals surface area (Å²) in [6.07, 6.45) is 0.0983. The molecule has 0 aromatic carbocycles. The molecule has 0 heterocycles. The summed E-state index contributed by atoms with van der Waals surface area (Å²) in [5.41, 5.74) is 20.7. The van der Waals surface area contributed by atoms with Gasteiger partial charge in [0, 0.05) is 6.42 Å². The zero-order valence-electron chi connectivity index (χ0n) is 18.6. The lowest BCUT2D eigenvalue weighted by Crippen LogP contribution is -2.57. The lowest BCUT2D eigenvalue weighted by Gasteiger charge is -2.24. The van der Waals surface area contributed by atoms with Crippen molar-refractivity contribution in [2.75, 3.05) is 12.0 Å². The molecule has 0 aromatic rings. The highest BCUT2D eigenvalue weighted by Crippen LogP contribution is 2.06. The van der Waals surface area contributed by atoms with E-state index < -0.39 is 78.4 Å². The zero-order valence-corrected chi connectivity index (χ0v) is 19.4. The van der Waals surface area contributed by atoms with E-state index in [0.717, 1.165) is 0 Å². The molecule has 0 rings (SSSR count). The maximum atomic E-state index is 12.8. The van der Waals surface area contributed by atoms with Gasteiger partial charge in [-0.1, -0.05) is 0 Å². The molecule has 0 saturated heterocycles. The third kappa shape index (κ3) is 12.6. The van der Waals surface area contributed by atoms with Gasteiger partial charge in [-0.05, 0) is 24.9 Å². The van der Waals surface area contributed by atoms with Crippen LogP contribution in [0.25, 0.3) is 0 Å². The molecular weight excluding hydrogens is 474 g/mol. The molecule has 4 unspecified atom stereocenters. The number of aliphatic carboxylic acids is 1. The van der Waals surface area contributed by atoms with Crippen LogP contribution in [0.1, 0.15) is 32.1 Å². The van der Waals surface area contributed by atoms with Gasteiger partial charge in [0.25, 0.3) is 0 Å². The molecule has 0 saturated carbocycles. The van der Waals surface area contributed by atoms with Crippen molar-refractivity contribution in [2.24, 2.45) is 22.9 Å². The average molecular weight is 506 g/mol. The molecule has 0 aliphatic carbocycles. The molecule has 0 aromatic heterocycles. The van der Waals surface area contributed by atoms with Crippen molar-refractivity contribution in [1.82, 2.24) is 16.0 Å². The number of amides is 6. The monoisotopic (exact) mass is 505 g/mol. The summed E-state index contributed by atoms with van der Waals surface area (Å²) >= 11 is 1.34. The molecule has 0 aliphatic heterocycles. The fraction of sp³-hybridized carbons (Fsp3) is 0.611. The van der Waals surface area contributed by atoms with Gasteiger partial charge in [-0.25, -0.2) is 4.79 Å². The Hall–Kier alpha value is -3.40. The smallest absolute Gasteiger partial charge is 0.326 e. The van der Waals surface area contributed by atoms with Crippen molar-refractivity contribution >= 4 is 53.2 Å². The number of thioether (sulfide) groups is 1. The highest BCUT2D eigenvalue weighted by Gasteiger charge is 2.31. The molecule has 16 heteroatoms. The van der Waals surface area contributed by atoms with Gasteiger partial charge in [-0.2, -0.15) is 11.8 Å². The number of rotatable bonds is 17. The van der Waals surface area contributed by atoms with E-state index in [2.05, 4.69) is 16.0 Å². The molecule has 0 radical (unpaired) electrons. The molecule has 4 atom stereocenters. The van der Waals surface area contributed by atoms with Crippen molar-refractivity contribution < 1.29 is 38.7 Å². The third-order valence-electron chi connectivity index (χ3n) is 4.33. The van der Waals surface area contributed by atoms with Crippen molar-refractivity contribution in [3.8, 4) is 0 Å². The average Bonchev–Trinajstić information content (AvgIpc) is 2.71. The fourth-order valence-electron chi connectivity index (χ4n) is 2.59. The van der Waals surface area contributed by atoms with Crippen LogP contribution in [0.5, 0.6) is 0 Å². The van der Waals surface area contributed by atoms with Crippen LogP contribution in [0.3, 0.4) is 0 Å². The van der Waals surface area contributed by atoms with Crippen LogP contribution in [0, 0.1) is 0 Å². The Balaban J connectivity index is 5.55. The van der Waals surface area contributed by atoms with E-state index in [1.807, 2.05) is 0 Å². The molecular formula is C18H31N7O8S.